The van der Waals surface area contributed by atoms with E-state index in [9.17, 15) is 0 Å². The van der Waals surface area contributed by atoms with Crippen LogP contribution in [0.2, 0.25) is 0 Å². The van der Waals surface area contributed by atoms with E-state index in [1.54, 1.807) is 0 Å². The molecule has 0 aliphatic rings. The summed E-state index contributed by atoms with van der Waals surface area (Å²) in [5, 5.41) is 0. The fraction of sp³-hybridized carbons (Fsp3) is 0.158. The third-order valence-corrected chi connectivity index (χ3v) is 4.02. The van der Waals surface area contributed by atoms with E-state index in [2.05, 4.69) is 53.9 Å². The van der Waals surface area contributed by atoms with Crippen molar-refractivity contribution in [2.45, 2.75) is 20.8 Å². The van der Waals surface area contributed by atoms with Crippen LogP contribution in [-0.2, 0) is 20.1 Å². The van der Waals surface area contributed by atoms with Crippen molar-refractivity contribution in [1.29, 1.82) is 0 Å². The Labute approximate surface area is 153 Å². The molecule has 0 N–H and O–H groups in total. The number of rotatable bonds is 2. The number of hydrogen-bond acceptors (Lipinski definition) is 3. The standard InChI is InChI=1S/C19H16N3O.Ir/c1-12-6-4-7-13(2)18(12)22-10-14(3)21-19(22)15-8-5-9-16-17(15)20-11-23-16;/h4-7,9-11H,1-3H3;/q-1;. The molecule has 0 spiro atoms. The minimum absolute atomic E-state index is 0. The summed E-state index contributed by atoms with van der Waals surface area (Å²) in [6.45, 7) is 6.22. The predicted molar refractivity (Wildman–Crippen MR) is 89.6 cm³/mol. The number of aromatic nitrogens is 3. The van der Waals surface area contributed by atoms with Crippen molar-refractivity contribution >= 4 is 11.1 Å². The molecule has 123 valence electrons. The zero-order valence-corrected chi connectivity index (χ0v) is 16.0. The molecule has 0 amide bonds. The molecule has 0 bridgehead atoms. The number of oxazole rings is 1. The second-order valence-corrected chi connectivity index (χ2v) is 5.73. The zero-order valence-electron chi connectivity index (χ0n) is 13.6. The van der Waals surface area contributed by atoms with Crippen molar-refractivity contribution in [2.75, 3.05) is 0 Å². The van der Waals surface area contributed by atoms with E-state index in [0.717, 1.165) is 33.9 Å². The number of imidazole rings is 1. The molecule has 0 saturated carbocycles. The van der Waals surface area contributed by atoms with E-state index in [4.69, 9.17) is 9.40 Å². The van der Waals surface area contributed by atoms with Crippen LogP contribution in [0, 0.1) is 26.8 Å². The maximum absolute atomic E-state index is 5.41. The first kappa shape index (κ1) is 16.6. The molecule has 0 aliphatic heterocycles. The second kappa shape index (κ2) is 6.34. The molecule has 0 atom stereocenters. The van der Waals surface area contributed by atoms with Gasteiger partial charge in [-0.1, -0.05) is 29.8 Å². The van der Waals surface area contributed by atoms with Crippen LogP contribution in [0.1, 0.15) is 16.8 Å². The monoisotopic (exact) mass is 495 g/mol. The number of fused-ring (bicyclic) bond motifs is 1. The van der Waals surface area contributed by atoms with Gasteiger partial charge in [0.05, 0.1) is 11.4 Å². The van der Waals surface area contributed by atoms with Gasteiger partial charge in [0.2, 0.25) is 0 Å². The molecule has 4 nitrogen and oxygen atoms in total. The minimum Gasteiger partial charge on any atom is -0.464 e. The third-order valence-electron chi connectivity index (χ3n) is 4.02. The average molecular weight is 495 g/mol. The average Bonchev–Trinajstić information content (AvgIpc) is 3.13. The molecule has 0 saturated heterocycles. The molecule has 2 aromatic carbocycles. The quantitative estimate of drug-likeness (QED) is 0.388. The Morgan fingerprint density at radius 1 is 1.08 bits per heavy atom. The van der Waals surface area contributed by atoms with Gasteiger partial charge in [0.15, 0.2) is 6.39 Å². The number of hydrogen-bond donors (Lipinski definition) is 0. The van der Waals surface area contributed by atoms with Crippen molar-refractivity contribution in [2.24, 2.45) is 0 Å². The van der Waals surface area contributed by atoms with E-state index in [1.807, 2.05) is 19.1 Å². The van der Waals surface area contributed by atoms with Gasteiger partial charge in [-0.05, 0) is 31.9 Å². The minimum atomic E-state index is 0. The summed E-state index contributed by atoms with van der Waals surface area (Å²) in [5.41, 5.74) is 6.89. The fourth-order valence-electron chi connectivity index (χ4n) is 3.03. The number of benzene rings is 2. The Kier molecular flexibility index (Phi) is 4.39. The van der Waals surface area contributed by atoms with Crippen LogP contribution in [0.3, 0.4) is 0 Å². The van der Waals surface area contributed by atoms with Crippen LogP contribution in [0.25, 0.3) is 28.2 Å². The Morgan fingerprint density at radius 3 is 2.58 bits per heavy atom. The van der Waals surface area contributed by atoms with Gasteiger partial charge in [-0.25, -0.2) is 0 Å². The number of nitrogens with zero attached hydrogens (tertiary/aromatic N) is 3. The molecule has 0 fully saturated rings. The smallest absolute Gasteiger partial charge is 0.170 e. The third kappa shape index (κ3) is 2.60. The maximum Gasteiger partial charge on any atom is 0.170 e. The SMILES string of the molecule is Cc1cn(-c2c(C)cccc2C)c(-c2[c-]ccc3ocnc23)n1.[Ir]. The summed E-state index contributed by atoms with van der Waals surface area (Å²) in [6.07, 6.45) is 3.51. The Balaban J connectivity index is 0.00000169. The topological polar surface area (TPSA) is 43.9 Å². The summed E-state index contributed by atoms with van der Waals surface area (Å²) >= 11 is 0. The summed E-state index contributed by atoms with van der Waals surface area (Å²) in [7, 11) is 0. The van der Waals surface area contributed by atoms with Gasteiger partial charge in [-0.3, -0.25) is 9.97 Å². The molecule has 4 rings (SSSR count). The van der Waals surface area contributed by atoms with Gasteiger partial charge in [0.1, 0.15) is 0 Å². The summed E-state index contributed by atoms with van der Waals surface area (Å²) in [6, 6.07) is 13.3. The van der Waals surface area contributed by atoms with E-state index < -0.39 is 0 Å². The fourth-order valence-corrected chi connectivity index (χ4v) is 3.03. The molecule has 24 heavy (non-hydrogen) atoms. The second-order valence-electron chi connectivity index (χ2n) is 5.73. The number of para-hydroxylation sites is 1. The molecule has 1 radical (unpaired) electrons. The molecule has 0 unspecified atom stereocenters. The van der Waals surface area contributed by atoms with Crippen molar-refractivity contribution in [3.63, 3.8) is 0 Å². The van der Waals surface area contributed by atoms with Gasteiger partial charge < -0.3 is 8.98 Å². The Bertz CT molecular complexity index is 996. The summed E-state index contributed by atoms with van der Waals surface area (Å²) in [5.74, 6) is 0.833. The van der Waals surface area contributed by atoms with Crippen molar-refractivity contribution in [3.05, 3.63) is 65.8 Å². The first-order valence-electron chi connectivity index (χ1n) is 7.52. The molecule has 2 heterocycles. The van der Waals surface area contributed by atoms with Crippen molar-refractivity contribution < 1.29 is 24.5 Å². The van der Waals surface area contributed by atoms with Crippen LogP contribution >= 0.6 is 0 Å². The van der Waals surface area contributed by atoms with Gasteiger partial charge in [-0.15, -0.1) is 12.1 Å². The Morgan fingerprint density at radius 2 is 1.83 bits per heavy atom. The van der Waals surface area contributed by atoms with Crippen LogP contribution in [0.5, 0.6) is 0 Å². The summed E-state index contributed by atoms with van der Waals surface area (Å²) < 4.78 is 7.54. The van der Waals surface area contributed by atoms with Gasteiger partial charge in [0, 0.05) is 43.2 Å². The zero-order chi connectivity index (χ0) is 16.0. The Hall–Kier alpha value is -2.23. The first-order chi connectivity index (χ1) is 11.1. The van der Waals surface area contributed by atoms with Crippen LogP contribution in [-0.4, -0.2) is 14.5 Å². The van der Waals surface area contributed by atoms with E-state index in [-0.39, 0.29) is 20.1 Å². The predicted octanol–water partition coefficient (Wildman–Crippen LogP) is 4.40. The molecular weight excluding hydrogens is 478 g/mol. The maximum atomic E-state index is 5.41. The molecule has 5 heteroatoms. The van der Waals surface area contributed by atoms with Crippen molar-refractivity contribution in [3.8, 4) is 17.1 Å². The van der Waals surface area contributed by atoms with E-state index in [0.29, 0.717) is 0 Å². The molecule has 0 aliphatic carbocycles. The van der Waals surface area contributed by atoms with Gasteiger partial charge in [-0.2, -0.15) is 0 Å². The molecular formula is C19H16IrN3O-. The summed E-state index contributed by atoms with van der Waals surface area (Å²) in [4.78, 5) is 9.05. The van der Waals surface area contributed by atoms with Crippen LogP contribution < -0.4 is 0 Å². The van der Waals surface area contributed by atoms with E-state index in [1.165, 1.54) is 17.5 Å². The van der Waals surface area contributed by atoms with Gasteiger partial charge >= 0.3 is 0 Å². The first-order valence-corrected chi connectivity index (χ1v) is 7.52. The van der Waals surface area contributed by atoms with Crippen LogP contribution in [0.4, 0.5) is 0 Å². The van der Waals surface area contributed by atoms with Crippen molar-refractivity contribution in [1.82, 2.24) is 14.5 Å². The molecule has 2 aromatic heterocycles. The normalized spacial score (nSPS) is 10.8. The van der Waals surface area contributed by atoms with E-state index >= 15 is 0 Å². The van der Waals surface area contributed by atoms with Crippen LogP contribution in [0.15, 0.2) is 47.3 Å². The number of aryl methyl sites for hydroxylation is 3. The van der Waals surface area contributed by atoms with Gasteiger partial charge in [0.25, 0.3) is 0 Å². The largest absolute Gasteiger partial charge is 0.464 e. The molecule has 4 aromatic rings.